The standard InChI is InChI=1S/C18H16N2.C7H8O/c19-17-13-7-8-14-18(17)20(15-9-3-1-4-10-15)16-11-5-2-6-12-16;1-6-3-2-4-7(8)5-6/h1-14H,19H2;2-5,8H,1H3. The van der Waals surface area contributed by atoms with Gasteiger partial charge in [-0.05, 0) is 61.0 Å². The van der Waals surface area contributed by atoms with E-state index in [2.05, 4.69) is 29.2 Å². The molecule has 0 atom stereocenters. The van der Waals surface area contributed by atoms with E-state index < -0.39 is 0 Å². The summed E-state index contributed by atoms with van der Waals surface area (Å²) in [7, 11) is 0. The van der Waals surface area contributed by atoms with Crippen LogP contribution in [0.5, 0.6) is 5.75 Å². The summed E-state index contributed by atoms with van der Waals surface area (Å²) in [6, 6.07) is 35.6. The van der Waals surface area contributed by atoms with Crippen LogP contribution in [-0.2, 0) is 0 Å². The van der Waals surface area contributed by atoms with Gasteiger partial charge in [-0.1, -0.05) is 60.7 Å². The van der Waals surface area contributed by atoms with E-state index in [1.54, 1.807) is 12.1 Å². The number of anilines is 4. The first-order valence-electron chi connectivity index (χ1n) is 9.15. The van der Waals surface area contributed by atoms with Gasteiger partial charge in [0.2, 0.25) is 0 Å². The van der Waals surface area contributed by atoms with Gasteiger partial charge >= 0.3 is 0 Å². The second-order valence-corrected chi connectivity index (χ2v) is 6.40. The number of benzene rings is 4. The number of hydrogen-bond acceptors (Lipinski definition) is 3. The fourth-order valence-corrected chi connectivity index (χ4v) is 2.90. The Morgan fingerprint density at radius 2 is 1.18 bits per heavy atom. The summed E-state index contributed by atoms with van der Waals surface area (Å²) in [6.45, 7) is 1.94. The largest absolute Gasteiger partial charge is 0.508 e. The molecule has 3 heteroatoms. The van der Waals surface area contributed by atoms with Crippen LogP contribution in [-0.4, -0.2) is 5.11 Å². The summed E-state index contributed by atoms with van der Waals surface area (Å²) in [5, 5.41) is 8.81. The molecule has 28 heavy (non-hydrogen) atoms. The first-order valence-corrected chi connectivity index (χ1v) is 9.15. The lowest BCUT2D eigenvalue weighted by Gasteiger charge is -2.26. The average molecular weight is 368 g/mol. The molecule has 0 aliphatic heterocycles. The van der Waals surface area contributed by atoms with Crippen molar-refractivity contribution in [2.75, 3.05) is 10.6 Å². The topological polar surface area (TPSA) is 49.5 Å². The number of nitrogen functional groups attached to an aromatic ring is 1. The summed E-state index contributed by atoms with van der Waals surface area (Å²) in [5.41, 5.74) is 11.2. The Bertz CT molecular complexity index is 944. The minimum Gasteiger partial charge on any atom is -0.508 e. The van der Waals surface area contributed by atoms with Crippen LogP contribution in [0, 0.1) is 6.92 Å². The minimum absolute atomic E-state index is 0.338. The van der Waals surface area contributed by atoms with E-state index in [0.717, 1.165) is 28.3 Å². The molecule has 0 heterocycles. The molecule has 0 fully saturated rings. The van der Waals surface area contributed by atoms with Crippen molar-refractivity contribution in [1.29, 1.82) is 0 Å². The second kappa shape index (κ2) is 9.28. The van der Waals surface area contributed by atoms with Gasteiger partial charge in [0.15, 0.2) is 0 Å². The number of para-hydroxylation sites is 4. The fourth-order valence-electron chi connectivity index (χ4n) is 2.90. The molecule has 3 N–H and O–H groups in total. The van der Waals surface area contributed by atoms with Crippen LogP contribution in [0.1, 0.15) is 5.56 Å². The highest BCUT2D eigenvalue weighted by Crippen LogP contribution is 2.37. The van der Waals surface area contributed by atoms with Crippen LogP contribution in [0.4, 0.5) is 22.7 Å². The Hall–Kier alpha value is -3.72. The molecule has 4 aromatic carbocycles. The van der Waals surface area contributed by atoms with Crippen molar-refractivity contribution >= 4 is 22.7 Å². The van der Waals surface area contributed by atoms with Gasteiger partial charge in [0.1, 0.15) is 5.75 Å². The maximum Gasteiger partial charge on any atom is 0.115 e. The minimum atomic E-state index is 0.338. The van der Waals surface area contributed by atoms with Gasteiger partial charge in [-0.2, -0.15) is 0 Å². The van der Waals surface area contributed by atoms with E-state index in [4.69, 9.17) is 10.8 Å². The Labute approximate surface area is 166 Å². The van der Waals surface area contributed by atoms with Crippen molar-refractivity contribution in [3.05, 3.63) is 115 Å². The maximum atomic E-state index is 8.81. The van der Waals surface area contributed by atoms with Gasteiger partial charge in [-0.3, -0.25) is 0 Å². The molecule has 4 aromatic rings. The van der Waals surface area contributed by atoms with Crippen molar-refractivity contribution in [3.63, 3.8) is 0 Å². The number of rotatable bonds is 3. The van der Waals surface area contributed by atoms with Crippen LogP contribution < -0.4 is 10.6 Å². The monoisotopic (exact) mass is 368 g/mol. The highest BCUT2D eigenvalue weighted by molar-refractivity contribution is 5.83. The highest BCUT2D eigenvalue weighted by atomic mass is 16.3. The highest BCUT2D eigenvalue weighted by Gasteiger charge is 2.13. The van der Waals surface area contributed by atoms with Crippen molar-refractivity contribution in [3.8, 4) is 5.75 Å². The molecule has 0 aromatic heterocycles. The zero-order valence-corrected chi connectivity index (χ0v) is 15.9. The van der Waals surface area contributed by atoms with Gasteiger partial charge in [0.25, 0.3) is 0 Å². The number of nitrogens with two attached hydrogens (primary N) is 1. The van der Waals surface area contributed by atoms with E-state index in [0.29, 0.717) is 5.75 Å². The summed E-state index contributed by atoms with van der Waals surface area (Å²) in [5.74, 6) is 0.338. The maximum absolute atomic E-state index is 8.81. The van der Waals surface area contributed by atoms with E-state index in [-0.39, 0.29) is 0 Å². The molecule has 0 saturated carbocycles. The molecule has 0 aliphatic rings. The molecule has 0 aliphatic carbocycles. The molecule has 4 rings (SSSR count). The Kier molecular flexibility index (Phi) is 6.32. The number of phenols is 1. The normalized spacial score (nSPS) is 9.89. The lowest BCUT2D eigenvalue weighted by molar-refractivity contribution is 0.475. The molecular weight excluding hydrogens is 344 g/mol. The predicted molar refractivity (Wildman–Crippen MR) is 118 cm³/mol. The Balaban J connectivity index is 0.000000236. The number of aryl methyl sites for hydroxylation is 1. The molecule has 0 amide bonds. The molecule has 0 bridgehead atoms. The van der Waals surface area contributed by atoms with Crippen molar-refractivity contribution in [2.45, 2.75) is 6.92 Å². The predicted octanol–water partition coefficient (Wildman–Crippen LogP) is 6.44. The van der Waals surface area contributed by atoms with Gasteiger partial charge in [-0.25, -0.2) is 0 Å². The molecule has 140 valence electrons. The summed E-state index contributed by atoms with van der Waals surface area (Å²) < 4.78 is 0. The number of hydrogen-bond donors (Lipinski definition) is 2. The number of nitrogens with zero attached hydrogens (tertiary/aromatic N) is 1. The summed E-state index contributed by atoms with van der Waals surface area (Å²) in [4.78, 5) is 2.16. The van der Waals surface area contributed by atoms with Gasteiger partial charge in [-0.15, -0.1) is 0 Å². The smallest absolute Gasteiger partial charge is 0.115 e. The molecule has 0 saturated heterocycles. The SMILES string of the molecule is Cc1cccc(O)c1.Nc1ccccc1N(c1ccccc1)c1ccccc1. The summed E-state index contributed by atoms with van der Waals surface area (Å²) in [6.07, 6.45) is 0. The van der Waals surface area contributed by atoms with Crippen LogP contribution in [0.15, 0.2) is 109 Å². The second-order valence-electron chi connectivity index (χ2n) is 6.40. The molecule has 0 unspecified atom stereocenters. The van der Waals surface area contributed by atoms with Crippen molar-refractivity contribution in [2.24, 2.45) is 0 Å². The van der Waals surface area contributed by atoms with Crippen molar-refractivity contribution < 1.29 is 5.11 Å². The molecule has 0 radical (unpaired) electrons. The molecule has 0 spiro atoms. The summed E-state index contributed by atoms with van der Waals surface area (Å²) >= 11 is 0. The van der Waals surface area contributed by atoms with Gasteiger partial charge < -0.3 is 15.7 Å². The Morgan fingerprint density at radius 3 is 1.64 bits per heavy atom. The van der Waals surface area contributed by atoms with Crippen LogP contribution in [0.3, 0.4) is 0 Å². The van der Waals surface area contributed by atoms with E-state index >= 15 is 0 Å². The quantitative estimate of drug-likeness (QED) is 0.409. The van der Waals surface area contributed by atoms with Crippen LogP contribution >= 0.6 is 0 Å². The zero-order valence-electron chi connectivity index (χ0n) is 15.9. The van der Waals surface area contributed by atoms with Crippen LogP contribution in [0.25, 0.3) is 0 Å². The third kappa shape index (κ3) is 4.92. The van der Waals surface area contributed by atoms with Gasteiger partial charge in [0.05, 0.1) is 11.4 Å². The first kappa shape index (κ1) is 19.1. The average Bonchev–Trinajstić information content (AvgIpc) is 2.72. The lowest BCUT2D eigenvalue weighted by atomic mass is 10.1. The third-order valence-electron chi connectivity index (χ3n) is 4.21. The lowest BCUT2D eigenvalue weighted by Crippen LogP contribution is -2.11. The molecular formula is C25H24N2O. The third-order valence-corrected chi connectivity index (χ3v) is 4.21. The number of phenolic OH excluding ortho intramolecular Hbond substituents is 1. The van der Waals surface area contributed by atoms with E-state index in [1.165, 1.54) is 0 Å². The van der Waals surface area contributed by atoms with Gasteiger partial charge in [0, 0.05) is 11.4 Å². The molecule has 3 nitrogen and oxygen atoms in total. The Morgan fingerprint density at radius 1 is 0.643 bits per heavy atom. The van der Waals surface area contributed by atoms with Crippen molar-refractivity contribution in [1.82, 2.24) is 0 Å². The first-order chi connectivity index (χ1) is 13.6. The number of aromatic hydroxyl groups is 1. The zero-order chi connectivity index (χ0) is 19.8. The fraction of sp³-hybridized carbons (Fsp3) is 0.0400. The van der Waals surface area contributed by atoms with Crippen LogP contribution in [0.2, 0.25) is 0 Å². The van der Waals surface area contributed by atoms with E-state index in [1.807, 2.05) is 79.7 Å². The van der Waals surface area contributed by atoms with E-state index in [9.17, 15) is 0 Å².